The topological polar surface area (TPSA) is 50.2 Å². The Bertz CT molecular complexity index is 569. The number of hydrogen-bond acceptors (Lipinski definition) is 3. The van der Waals surface area contributed by atoms with Gasteiger partial charge in [0.15, 0.2) is 0 Å². The fraction of sp³-hybridized carbons (Fsp3) is 0.286. The molecule has 94 valence electrons. The predicted molar refractivity (Wildman–Crippen MR) is 74.3 cm³/mol. The third kappa shape index (κ3) is 2.82. The van der Waals surface area contributed by atoms with Crippen LogP contribution in [0.15, 0.2) is 35.2 Å². The molecule has 0 saturated carbocycles. The minimum absolute atomic E-state index is 0.118. The summed E-state index contributed by atoms with van der Waals surface area (Å²) in [4.78, 5) is 16.2. The van der Waals surface area contributed by atoms with Crippen molar-refractivity contribution >= 4 is 28.6 Å². The van der Waals surface area contributed by atoms with Crippen LogP contribution in [-0.2, 0) is 0 Å². The molecule has 2 rings (SSSR count). The van der Waals surface area contributed by atoms with Crippen molar-refractivity contribution in [1.82, 2.24) is 4.98 Å². The Kier molecular flexibility index (Phi) is 4.20. The van der Waals surface area contributed by atoms with Crippen molar-refractivity contribution < 1.29 is 9.90 Å². The highest BCUT2D eigenvalue weighted by atomic mass is 32.2. The summed E-state index contributed by atoms with van der Waals surface area (Å²) in [5.74, 6) is 0.0296. The second kappa shape index (κ2) is 5.87. The molecule has 1 aromatic carbocycles. The summed E-state index contributed by atoms with van der Waals surface area (Å²) in [5, 5.41) is 10.1. The molecule has 0 spiro atoms. The molecular formula is C14H15NO2S. The number of thioether (sulfide) groups is 1. The Morgan fingerprint density at radius 3 is 2.89 bits per heavy atom. The van der Waals surface area contributed by atoms with Gasteiger partial charge >= 0.3 is 5.97 Å². The van der Waals surface area contributed by atoms with Gasteiger partial charge in [-0.05, 0) is 24.3 Å². The number of para-hydroxylation sites is 1. The largest absolute Gasteiger partial charge is 0.477 e. The lowest BCUT2D eigenvalue weighted by Crippen LogP contribution is -2.01. The molecule has 0 amide bonds. The van der Waals surface area contributed by atoms with Gasteiger partial charge in [-0.15, -0.1) is 11.8 Å². The second-order valence-electron chi connectivity index (χ2n) is 4.03. The van der Waals surface area contributed by atoms with Gasteiger partial charge in [0.2, 0.25) is 0 Å². The molecular weight excluding hydrogens is 246 g/mol. The first-order chi connectivity index (χ1) is 8.72. The third-order valence-electron chi connectivity index (χ3n) is 2.65. The third-order valence-corrected chi connectivity index (χ3v) is 3.79. The van der Waals surface area contributed by atoms with Gasteiger partial charge in [-0.1, -0.05) is 31.5 Å². The number of benzene rings is 1. The number of carboxylic acid groups (broad SMARTS) is 1. The maximum absolute atomic E-state index is 11.1. The van der Waals surface area contributed by atoms with Gasteiger partial charge in [0.1, 0.15) is 5.69 Å². The highest BCUT2D eigenvalue weighted by Crippen LogP contribution is 2.28. The van der Waals surface area contributed by atoms with E-state index in [0.717, 1.165) is 34.4 Å². The molecule has 0 aliphatic rings. The molecule has 0 fully saturated rings. The van der Waals surface area contributed by atoms with E-state index in [2.05, 4.69) is 11.9 Å². The molecule has 0 atom stereocenters. The molecule has 0 saturated heterocycles. The Balaban J connectivity index is 2.43. The molecule has 1 heterocycles. The number of hydrogen-bond donors (Lipinski definition) is 1. The van der Waals surface area contributed by atoms with Crippen LogP contribution in [0, 0.1) is 0 Å². The van der Waals surface area contributed by atoms with E-state index in [1.807, 2.05) is 24.3 Å². The summed E-state index contributed by atoms with van der Waals surface area (Å²) >= 11 is 1.70. The minimum atomic E-state index is -0.974. The highest BCUT2D eigenvalue weighted by molar-refractivity contribution is 7.99. The maximum Gasteiger partial charge on any atom is 0.354 e. The van der Waals surface area contributed by atoms with Crippen molar-refractivity contribution in [3.63, 3.8) is 0 Å². The van der Waals surface area contributed by atoms with E-state index in [4.69, 9.17) is 5.11 Å². The number of aromatic carboxylic acids is 1. The molecule has 18 heavy (non-hydrogen) atoms. The van der Waals surface area contributed by atoms with E-state index in [-0.39, 0.29) is 5.69 Å². The van der Waals surface area contributed by atoms with Gasteiger partial charge in [-0.2, -0.15) is 0 Å². The number of nitrogens with zero attached hydrogens (tertiary/aromatic N) is 1. The normalized spacial score (nSPS) is 10.7. The van der Waals surface area contributed by atoms with Gasteiger partial charge in [0.05, 0.1) is 5.52 Å². The molecule has 1 N–H and O–H groups in total. The summed E-state index contributed by atoms with van der Waals surface area (Å²) in [6.07, 6.45) is 2.27. The van der Waals surface area contributed by atoms with Gasteiger partial charge in [0.25, 0.3) is 0 Å². The van der Waals surface area contributed by atoms with Crippen LogP contribution < -0.4 is 0 Å². The van der Waals surface area contributed by atoms with Crippen molar-refractivity contribution in [1.29, 1.82) is 0 Å². The van der Waals surface area contributed by atoms with Crippen LogP contribution in [-0.4, -0.2) is 21.8 Å². The number of rotatable bonds is 5. The Morgan fingerprint density at radius 1 is 1.39 bits per heavy atom. The van der Waals surface area contributed by atoms with Crippen molar-refractivity contribution in [2.24, 2.45) is 0 Å². The smallest absolute Gasteiger partial charge is 0.354 e. The van der Waals surface area contributed by atoms with E-state index < -0.39 is 5.97 Å². The zero-order chi connectivity index (χ0) is 13.0. The summed E-state index contributed by atoms with van der Waals surface area (Å²) < 4.78 is 0. The first kappa shape index (κ1) is 12.9. The zero-order valence-corrected chi connectivity index (χ0v) is 11.0. The van der Waals surface area contributed by atoms with E-state index in [1.54, 1.807) is 17.8 Å². The second-order valence-corrected chi connectivity index (χ2v) is 5.17. The highest BCUT2D eigenvalue weighted by Gasteiger charge is 2.10. The number of carboxylic acids is 1. The minimum Gasteiger partial charge on any atom is -0.477 e. The van der Waals surface area contributed by atoms with Gasteiger partial charge < -0.3 is 5.11 Å². The van der Waals surface area contributed by atoms with Crippen molar-refractivity contribution in [2.75, 3.05) is 5.75 Å². The van der Waals surface area contributed by atoms with Crippen LogP contribution in [0.5, 0.6) is 0 Å². The van der Waals surface area contributed by atoms with Gasteiger partial charge in [-0.3, -0.25) is 0 Å². The van der Waals surface area contributed by atoms with Crippen LogP contribution in [0.1, 0.15) is 30.3 Å². The SMILES string of the molecule is CCCCSc1cc(C(=O)O)nc2ccccc12. The number of aromatic nitrogens is 1. The number of carbonyl (C=O) groups is 1. The standard InChI is InChI=1S/C14H15NO2S/c1-2-3-8-18-13-9-12(14(16)17)15-11-7-5-4-6-10(11)13/h4-7,9H,2-3,8H2,1H3,(H,16,17). The Labute approximate surface area is 110 Å². The molecule has 4 heteroatoms. The predicted octanol–water partition coefficient (Wildman–Crippen LogP) is 3.83. The van der Waals surface area contributed by atoms with Gasteiger partial charge in [0, 0.05) is 10.3 Å². The van der Waals surface area contributed by atoms with Crippen LogP contribution in [0.4, 0.5) is 0 Å². The summed E-state index contributed by atoms with van der Waals surface area (Å²) in [6.45, 7) is 2.15. The average Bonchev–Trinajstić information content (AvgIpc) is 2.38. The number of unbranched alkanes of at least 4 members (excludes halogenated alkanes) is 1. The first-order valence-electron chi connectivity index (χ1n) is 5.98. The van der Waals surface area contributed by atoms with Crippen LogP contribution in [0.25, 0.3) is 10.9 Å². The quantitative estimate of drug-likeness (QED) is 0.656. The fourth-order valence-corrected chi connectivity index (χ4v) is 2.87. The maximum atomic E-state index is 11.1. The lowest BCUT2D eigenvalue weighted by atomic mass is 10.2. The van der Waals surface area contributed by atoms with E-state index in [1.165, 1.54) is 0 Å². The van der Waals surface area contributed by atoms with E-state index in [0.29, 0.717) is 0 Å². The van der Waals surface area contributed by atoms with Crippen molar-refractivity contribution in [3.05, 3.63) is 36.0 Å². The number of fused-ring (bicyclic) bond motifs is 1. The molecule has 0 bridgehead atoms. The van der Waals surface area contributed by atoms with E-state index in [9.17, 15) is 4.79 Å². The first-order valence-corrected chi connectivity index (χ1v) is 6.97. The molecule has 0 radical (unpaired) electrons. The Morgan fingerprint density at radius 2 is 2.17 bits per heavy atom. The number of pyridine rings is 1. The summed E-state index contributed by atoms with van der Waals surface area (Å²) in [6, 6.07) is 9.34. The average molecular weight is 261 g/mol. The molecule has 1 aromatic heterocycles. The zero-order valence-electron chi connectivity index (χ0n) is 10.2. The van der Waals surface area contributed by atoms with Crippen molar-refractivity contribution in [3.8, 4) is 0 Å². The molecule has 3 nitrogen and oxygen atoms in total. The summed E-state index contributed by atoms with van der Waals surface area (Å²) in [5.41, 5.74) is 0.865. The lowest BCUT2D eigenvalue weighted by molar-refractivity contribution is 0.0690. The van der Waals surface area contributed by atoms with Crippen molar-refractivity contribution in [2.45, 2.75) is 24.7 Å². The lowest BCUT2D eigenvalue weighted by Gasteiger charge is -2.07. The van der Waals surface area contributed by atoms with Crippen LogP contribution in [0.2, 0.25) is 0 Å². The Hall–Kier alpha value is -1.55. The molecule has 0 aliphatic heterocycles. The van der Waals surface area contributed by atoms with Crippen LogP contribution in [0.3, 0.4) is 0 Å². The molecule has 0 unspecified atom stereocenters. The molecule has 2 aromatic rings. The van der Waals surface area contributed by atoms with E-state index >= 15 is 0 Å². The fourth-order valence-electron chi connectivity index (χ4n) is 1.70. The monoisotopic (exact) mass is 261 g/mol. The summed E-state index contributed by atoms with van der Waals surface area (Å²) in [7, 11) is 0. The molecule has 0 aliphatic carbocycles. The van der Waals surface area contributed by atoms with Crippen LogP contribution >= 0.6 is 11.8 Å². The van der Waals surface area contributed by atoms with Gasteiger partial charge in [-0.25, -0.2) is 9.78 Å².